The number of allylic oxidation sites excluding steroid dienone is 1. The van der Waals surface area contributed by atoms with Gasteiger partial charge in [0.1, 0.15) is 15.9 Å². The molecule has 3 aromatic rings. The quantitative estimate of drug-likeness (QED) is 0.180. The fourth-order valence-electron chi connectivity index (χ4n) is 3.00. The van der Waals surface area contributed by atoms with E-state index in [-0.39, 0.29) is 20.4 Å². The van der Waals surface area contributed by atoms with Crippen molar-refractivity contribution in [1.29, 1.82) is 0 Å². The molecule has 3 rings (SSSR count). The van der Waals surface area contributed by atoms with Gasteiger partial charge < -0.3 is 5.21 Å². The van der Waals surface area contributed by atoms with Crippen LogP contribution in [0.3, 0.4) is 0 Å². The van der Waals surface area contributed by atoms with E-state index in [0.29, 0.717) is 0 Å². The molecule has 0 atom stereocenters. The molecule has 0 spiro atoms. The van der Waals surface area contributed by atoms with E-state index in [1.54, 1.807) is 0 Å². The average Bonchev–Trinajstić information content (AvgIpc) is 2.66. The largest absolute Gasteiger partial charge is 0.328 e. The van der Waals surface area contributed by atoms with Crippen molar-refractivity contribution in [3.05, 3.63) is 119 Å². The molecule has 0 aliphatic carbocycles. The Hall–Kier alpha value is -2.44. The summed E-state index contributed by atoms with van der Waals surface area (Å²) in [6.45, 7) is 13.2. The maximum absolute atomic E-state index is 8.36. The Kier molecular flexibility index (Phi) is 13.3. The summed E-state index contributed by atoms with van der Waals surface area (Å²) in [6, 6.07) is 26.5. The Morgan fingerprint density at radius 2 is 1.03 bits per heavy atom. The van der Waals surface area contributed by atoms with Gasteiger partial charge in [-0.1, -0.05) is 54.6 Å². The van der Waals surface area contributed by atoms with Crippen molar-refractivity contribution in [3.8, 4) is 0 Å². The molecular formula is C24H28NO3PPd. The first kappa shape index (κ1) is 27.6. The van der Waals surface area contributed by atoms with E-state index >= 15 is 0 Å². The zero-order valence-electron chi connectivity index (χ0n) is 17.4. The molecule has 0 saturated carbocycles. The van der Waals surface area contributed by atoms with Crippen LogP contribution < -0.4 is 15.9 Å². The van der Waals surface area contributed by atoms with E-state index in [9.17, 15) is 0 Å². The van der Waals surface area contributed by atoms with Gasteiger partial charge in [0.15, 0.2) is 0 Å². The second kappa shape index (κ2) is 14.5. The van der Waals surface area contributed by atoms with Crippen LogP contribution in [0.2, 0.25) is 0 Å². The molecule has 162 valence electrons. The minimum Gasteiger partial charge on any atom is -0.328 e. The number of benzene rings is 3. The van der Waals surface area contributed by atoms with E-state index in [4.69, 9.17) is 15.3 Å². The van der Waals surface area contributed by atoms with E-state index in [1.807, 2.05) is 0 Å². The predicted octanol–water partition coefficient (Wildman–Crippen LogP) is 4.76. The Balaban J connectivity index is 0.000000925. The number of nitrogens with zero attached hydrogens (tertiary/aromatic N) is 1. The van der Waals surface area contributed by atoms with Gasteiger partial charge in [0.25, 0.3) is 5.09 Å². The maximum Gasteiger partial charge on any atom is 0.291 e. The fourth-order valence-corrected chi connectivity index (χ4v) is 6.09. The summed E-state index contributed by atoms with van der Waals surface area (Å²) in [7, 11) is -0.968. The van der Waals surface area contributed by atoms with Crippen molar-refractivity contribution in [2.24, 2.45) is 0 Å². The Morgan fingerprint density at radius 1 is 0.833 bits per heavy atom. The van der Waals surface area contributed by atoms with Gasteiger partial charge in [-0.05, 0) is 55.7 Å². The first-order chi connectivity index (χ1) is 13.8. The van der Waals surface area contributed by atoms with Crippen LogP contribution in [-0.4, -0.2) is 10.3 Å². The topological polar surface area (TPSA) is 63.4 Å². The molecule has 0 bridgehead atoms. The van der Waals surface area contributed by atoms with Gasteiger partial charge in [0.2, 0.25) is 0 Å². The predicted molar refractivity (Wildman–Crippen MR) is 125 cm³/mol. The van der Waals surface area contributed by atoms with Crippen molar-refractivity contribution in [1.82, 2.24) is 0 Å². The van der Waals surface area contributed by atoms with Crippen molar-refractivity contribution < 1.29 is 30.7 Å². The number of hydrogen-bond donors (Lipinski definition) is 1. The van der Waals surface area contributed by atoms with Crippen molar-refractivity contribution in [2.45, 2.75) is 20.8 Å². The van der Waals surface area contributed by atoms with Gasteiger partial charge >= 0.3 is 0 Å². The zero-order valence-corrected chi connectivity index (χ0v) is 20.0. The van der Waals surface area contributed by atoms with Gasteiger partial charge in [-0.2, -0.15) is 0 Å². The van der Waals surface area contributed by atoms with E-state index in [1.165, 1.54) is 38.7 Å². The third kappa shape index (κ3) is 8.51. The van der Waals surface area contributed by atoms with Crippen molar-refractivity contribution in [3.63, 3.8) is 0 Å². The summed E-state index contributed by atoms with van der Waals surface area (Å²) in [6.07, 6.45) is 1.50. The Bertz CT molecular complexity index is 835. The monoisotopic (exact) mass is 515 g/mol. The van der Waals surface area contributed by atoms with Crippen LogP contribution in [0.4, 0.5) is 0 Å². The molecule has 0 radical (unpaired) electrons. The van der Waals surface area contributed by atoms with Gasteiger partial charge in [-0.15, -0.1) is 10.1 Å². The average molecular weight is 516 g/mol. The van der Waals surface area contributed by atoms with Crippen molar-refractivity contribution in [2.75, 3.05) is 0 Å². The van der Waals surface area contributed by atoms with Crippen molar-refractivity contribution >= 4 is 23.8 Å². The van der Waals surface area contributed by atoms with Crippen LogP contribution >= 0.6 is 7.92 Å². The molecular weight excluding hydrogens is 488 g/mol. The number of hydrogen-bond acceptors (Lipinski definition) is 2. The van der Waals surface area contributed by atoms with E-state index < -0.39 is 13.0 Å². The number of rotatable bonds is 3. The maximum atomic E-state index is 8.36. The van der Waals surface area contributed by atoms with Crippen LogP contribution in [0.1, 0.15) is 16.7 Å². The normalized spacial score (nSPS) is 9.20. The summed E-state index contributed by atoms with van der Waals surface area (Å²) in [5.41, 5.74) is 4.17. The second-order valence-electron chi connectivity index (χ2n) is 6.35. The molecule has 0 amide bonds. The van der Waals surface area contributed by atoms with E-state index in [0.717, 1.165) is 0 Å². The zero-order chi connectivity index (χ0) is 21.8. The van der Waals surface area contributed by atoms with Crippen LogP contribution in [0.25, 0.3) is 0 Å². The molecule has 0 fully saturated rings. The van der Waals surface area contributed by atoms with Gasteiger partial charge in [0, 0.05) is 20.4 Å². The number of aryl methyl sites for hydroxylation is 3. The Labute approximate surface area is 194 Å². The molecule has 0 unspecified atom stereocenters. The SMILES string of the molecule is C=C[CH2-].Cc1ccccc1[PH+](c1ccccc1C)c1ccccc1C.O=[N+]([O-])O.[Pd]. The molecule has 0 aliphatic rings. The standard InChI is InChI=1S/C21H21P.C3H5.HNO3.Pd/c1-16-10-4-7-13-19(16)22(20-14-8-5-11-17(20)2)21-15-9-6-12-18(21)3;1-3-2;2-1(3)4;/h4-15H,1-3H3;3H,1-2H2;(H,2,3,4);/q;-1;;/p+1. The summed E-state index contributed by atoms with van der Waals surface area (Å²) in [5.74, 6) is 0. The first-order valence-electron chi connectivity index (χ1n) is 9.11. The summed E-state index contributed by atoms with van der Waals surface area (Å²) in [4.78, 5) is 8.36. The summed E-state index contributed by atoms with van der Waals surface area (Å²) >= 11 is 0. The molecule has 3 aromatic carbocycles. The second-order valence-corrected chi connectivity index (χ2v) is 8.71. The van der Waals surface area contributed by atoms with Gasteiger partial charge in [-0.3, -0.25) is 0 Å². The van der Waals surface area contributed by atoms with Crippen LogP contribution in [0.15, 0.2) is 85.5 Å². The summed E-state index contributed by atoms with van der Waals surface area (Å²) < 4.78 is 0. The molecule has 0 heterocycles. The molecule has 0 aromatic heterocycles. The molecule has 0 saturated heterocycles. The molecule has 0 aliphatic heterocycles. The molecule has 4 nitrogen and oxygen atoms in total. The third-order valence-electron chi connectivity index (χ3n) is 4.24. The smallest absolute Gasteiger partial charge is 0.291 e. The van der Waals surface area contributed by atoms with Gasteiger partial charge in [-0.25, -0.2) is 19.6 Å². The minimum absolute atomic E-state index is 0. The molecule has 1 N–H and O–H groups in total. The third-order valence-corrected chi connectivity index (χ3v) is 7.54. The summed E-state index contributed by atoms with van der Waals surface area (Å²) in [5, 5.41) is 18.1. The van der Waals surface area contributed by atoms with Crippen LogP contribution in [0, 0.1) is 37.8 Å². The minimum atomic E-state index is -1.50. The fraction of sp³-hybridized carbons (Fsp3) is 0.125. The van der Waals surface area contributed by atoms with Gasteiger partial charge in [0.05, 0.1) is 7.92 Å². The van der Waals surface area contributed by atoms with Crippen LogP contribution in [-0.2, 0) is 20.4 Å². The molecule has 30 heavy (non-hydrogen) atoms. The first-order valence-corrected chi connectivity index (χ1v) is 10.6. The Morgan fingerprint density at radius 3 is 1.23 bits per heavy atom. The van der Waals surface area contributed by atoms with Crippen LogP contribution in [0.5, 0.6) is 0 Å². The van der Waals surface area contributed by atoms with E-state index in [2.05, 4.69) is 107 Å². The molecule has 6 heteroatoms.